The molecule has 0 saturated carbocycles. The van der Waals surface area contributed by atoms with E-state index >= 15 is 0 Å². The smallest absolute Gasteiger partial charge is 0.245 e. The van der Waals surface area contributed by atoms with Crippen LogP contribution in [0.2, 0.25) is 0 Å². The van der Waals surface area contributed by atoms with Crippen LogP contribution in [0, 0.1) is 0 Å². The molecule has 7 nitrogen and oxygen atoms in total. The highest BCUT2D eigenvalue weighted by Crippen LogP contribution is 2.44. The molecule has 2 amide bonds. The Labute approximate surface area is 180 Å². The van der Waals surface area contributed by atoms with Gasteiger partial charge < -0.3 is 24.3 Å². The number of nitrogens with zero attached hydrogens (tertiary/aromatic N) is 2. The summed E-state index contributed by atoms with van der Waals surface area (Å²) in [6.07, 6.45) is -0.654. The number of amides is 2. The third kappa shape index (κ3) is 2.24. The summed E-state index contributed by atoms with van der Waals surface area (Å²) in [5.74, 6) is -2.27. The minimum atomic E-state index is -3.39. The summed E-state index contributed by atoms with van der Waals surface area (Å²) in [6.45, 7) is -6.81. The largest absolute Gasteiger partial charge is 0.454 e. The molecule has 3 aliphatic heterocycles. The standard InChI is InChI=1S/C22H19N3O4/c1-24-10-19(26)25-16(22(24)27)9-14-13-4-2-3-5-15(13)23-20(14)21(25)12-6-7-17-18(8-12)29-11-28-17/h2-8,16,21,23H,9-11H2,1H3/t16-,21?/m1/s1/i1D3,2D,3D,4D,5D,10D2,16D. The second-order valence-corrected chi connectivity index (χ2v) is 6.83. The molecule has 0 spiro atoms. The Morgan fingerprint density at radius 2 is 2.14 bits per heavy atom. The zero-order valence-electron chi connectivity index (χ0n) is 24.8. The first kappa shape index (κ1) is 9.35. The van der Waals surface area contributed by atoms with Crippen molar-refractivity contribution in [1.82, 2.24) is 14.8 Å². The first-order valence-corrected chi connectivity index (χ1v) is 8.79. The number of H-pyrrole nitrogens is 1. The fourth-order valence-electron chi connectivity index (χ4n) is 4.08. The summed E-state index contributed by atoms with van der Waals surface area (Å²) in [5, 5.41) is -0.0118. The number of rotatable bonds is 1. The number of ether oxygens (including phenoxy) is 2. The average molecular weight is 399 g/mol. The summed E-state index contributed by atoms with van der Waals surface area (Å²) >= 11 is 0. The van der Waals surface area contributed by atoms with E-state index < -0.39 is 67.9 Å². The van der Waals surface area contributed by atoms with Crippen LogP contribution in [0.5, 0.6) is 11.5 Å². The van der Waals surface area contributed by atoms with Crippen LogP contribution in [0.3, 0.4) is 0 Å². The lowest BCUT2D eigenvalue weighted by atomic mass is 9.86. The number of hydrogen-bond acceptors (Lipinski definition) is 4. The Hall–Kier alpha value is -3.48. The van der Waals surface area contributed by atoms with Gasteiger partial charge in [0, 0.05) is 34.1 Å². The van der Waals surface area contributed by atoms with Crippen LogP contribution in [0.1, 0.15) is 36.6 Å². The van der Waals surface area contributed by atoms with Crippen LogP contribution in [0.25, 0.3) is 10.9 Å². The number of piperazine rings is 1. The summed E-state index contributed by atoms with van der Waals surface area (Å²) in [7, 11) is 0. The van der Waals surface area contributed by atoms with E-state index in [0.29, 0.717) is 10.6 Å². The summed E-state index contributed by atoms with van der Waals surface area (Å²) in [5.41, 5.74) is 0.465. The van der Waals surface area contributed by atoms with Gasteiger partial charge in [0.05, 0.1) is 22.1 Å². The van der Waals surface area contributed by atoms with Crippen LogP contribution < -0.4 is 9.47 Å². The average Bonchev–Trinajstić information content (AvgIpc) is 3.47. The van der Waals surface area contributed by atoms with E-state index in [0.717, 1.165) is 0 Å². The molecule has 3 aromatic rings. The quantitative estimate of drug-likeness (QED) is 0.681. The lowest BCUT2D eigenvalue weighted by Gasteiger charge is -2.46. The summed E-state index contributed by atoms with van der Waals surface area (Å²) in [4.78, 5) is 30.9. The molecule has 2 atom stereocenters. The maximum absolute atomic E-state index is 13.8. The molecule has 7 heteroatoms. The first-order chi connectivity index (χ1) is 18.1. The van der Waals surface area contributed by atoms with Gasteiger partial charge in [-0.25, -0.2) is 0 Å². The highest BCUT2D eigenvalue weighted by Gasteiger charge is 2.47. The summed E-state index contributed by atoms with van der Waals surface area (Å²) < 4.78 is 93.1. The molecule has 6 rings (SSSR count). The Morgan fingerprint density at radius 1 is 1.28 bits per heavy atom. The van der Waals surface area contributed by atoms with Gasteiger partial charge in [0.25, 0.3) is 0 Å². The predicted molar refractivity (Wildman–Crippen MR) is 105 cm³/mol. The van der Waals surface area contributed by atoms with Gasteiger partial charge in [-0.1, -0.05) is 24.2 Å². The highest BCUT2D eigenvalue weighted by molar-refractivity contribution is 5.97. The van der Waals surface area contributed by atoms with Crippen molar-refractivity contribution in [3.63, 3.8) is 0 Å². The molecule has 0 bridgehead atoms. The van der Waals surface area contributed by atoms with Crippen molar-refractivity contribution in [2.75, 3.05) is 20.3 Å². The van der Waals surface area contributed by atoms with E-state index in [4.69, 9.17) is 21.8 Å². The minimum Gasteiger partial charge on any atom is -0.454 e. The van der Waals surface area contributed by atoms with E-state index in [1.165, 1.54) is 18.2 Å². The van der Waals surface area contributed by atoms with Crippen molar-refractivity contribution in [2.24, 2.45) is 0 Å². The third-order valence-corrected chi connectivity index (χ3v) is 5.33. The Morgan fingerprint density at radius 3 is 3.03 bits per heavy atom. The number of benzene rings is 2. The predicted octanol–water partition coefficient (Wildman–Crippen LogP) is 2.21. The SMILES string of the molecule is [2H]c1c([2H])c([2H])c2c3c([nH]c2c1[2H])C(c1ccc2c(c1)OCO2)N1C(=O)C([2H])([2H])N(C([2H])([2H])[2H])C(=O)[C@@]1([2H])C3. The molecule has 4 heterocycles. The molecule has 1 unspecified atom stereocenters. The Bertz CT molecular complexity index is 1620. The van der Waals surface area contributed by atoms with Crippen molar-refractivity contribution >= 4 is 22.7 Å². The van der Waals surface area contributed by atoms with Crippen LogP contribution in [-0.2, 0) is 16.0 Å². The highest BCUT2D eigenvalue weighted by atomic mass is 16.7. The maximum Gasteiger partial charge on any atom is 0.245 e. The lowest BCUT2D eigenvalue weighted by Crippen LogP contribution is -2.62. The van der Waals surface area contributed by atoms with Crippen LogP contribution in [-0.4, -0.2) is 52.9 Å². The van der Waals surface area contributed by atoms with Gasteiger partial charge in [-0.3, -0.25) is 9.59 Å². The lowest BCUT2D eigenvalue weighted by molar-refractivity contribution is -0.157. The van der Waals surface area contributed by atoms with Crippen molar-refractivity contribution in [3.8, 4) is 11.5 Å². The first-order valence-electron chi connectivity index (χ1n) is 13.8. The number of nitrogens with one attached hydrogen (secondary N) is 1. The number of likely N-dealkylation sites (N-methyl/N-ethyl adjacent to an activating group) is 1. The molecule has 0 aliphatic carbocycles. The van der Waals surface area contributed by atoms with Gasteiger partial charge in [-0.15, -0.1) is 0 Å². The molecule has 3 aliphatic rings. The number of hydrogen-bond donors (Lipinski definition) is 1. The molecule has 1 N–H and O–H groups in total. The van der Waals surface area contributed by atoms with Crippen molar-refractivity contribution in [2.45, 2.75) is 18.5 Å². The number of aromatic nitrogens is 1. The van der Waals surface area contributed by atoms with E-state index in [1.54, 1.807) is 0 Å². The molecule has 0 radical (unpaired) electrons. The zero-order valence-corrected chi connectivity index (χ0v) is 14.8. The fourth-order valence-corrected chi connectivity index (χ4v) is 4.08. The number of para-hydroxylation sites is 1. The molecule has 1 aromatic heterocycles. The zero-order chi connectivity index (χ0) is 28.4. The van der Waals surface area contributed by atoms with Crippen molar-refractivity contribution < 1.29 is 32.8 Å². The van der Waals surface area contributed by atoms with E-state index in [9.17, 15) is 11.0 Å². The van der Waals surface area contributed by atoms with Crippen LogP contribution in [0.4, 0.5) is 0 Å². The number of carbonyl (C=O) groups is 2. The van der Waals surface area contributed by atoms with E-state index in [-0.39, 0.29) is 45.2 Å². The molecule has 1 fully saturated rings. The molecular formula is C22H19N3O4. The second-order valence-electron chi connectivity index (χ2n) is 6.83. The molecule has 2 aromatic carbocycles. The van der Waals surface area contributed by atoms with Crippen molar-refractivity contribution in [3.05, 3.63) is 59.2 Å². The maximum atomic E-state index is 13.8. The number of carbonyl (C=O) groups excluding carboxylic acids is 2. The monoisotopic (exact) mass is 399 g/mol. The normalized spacial score (nSPS) is 32.5. The number of fused-ring (bicyclic) bond motifs is 5. The molecule has 146 valence electrons. The third-order valence-electron chi connectivity index (χ3n) is 5.33. The number of aromatic amines is 1. The van der Waals surface area contributed by atoms with Crippen LogP contribution in [0.15, 0.2) is 42.4 Å². The van der Waals surface area contributed by atoms with E-state index in [2.05, 4.69) is 4.98 Å². The molecule has 1 saturated heterocycles. The van der Waals surface area contributed by atoms with Gasteiger partial charge >= 0.3 is 0 Å². The van der Waals surface area contributed by atoms with Gasteiger partial charge in [-0.05, 0) is 29.3 Å². The van der Waals surface area contributed by atoms with Gasteiger partial charge in [0.15, 0.2) is 11.5 Å². The van der Waals surface area contributed by atoms with Gasteiger partial charge in [-0.2, -0.15) is 0 Å². The molecule has 29 heavy (non-hydrogen) atoms. The van der Waals surface area contributed by atoms with Gasteiger partial charge in [0.2, 0.25) is 18.6 Å². The van der Waals surface area contributed by atoms with E-state index in [1.807, 2.05) is 0 Å². The fraction of sp³-hybridized carbons (Fsp3) is 0.273. The topological polar surface area (TPSA) is 74.9 Å². The Balaban J connectivity index is 1.70. The Kier molecular flexibility index (Phi) is 1.86. The minimum absolute atomic E-state index is 0.0118. The second kappa shape index (κ2) is 5.76. The molecular weight excluding hydrogens is 370 g/mol. The summed E-state index contributed by atoms with van der Waals surface area (Å²) in [6, 6.07) is -1.48. The van der Waals surface area contributed by atoms with Crippen molar-refractivity contribution in [1.29, 1.82) is 0 Å². The van der Waals surface area contributed by atoms with Gasteiger partial charge in [0.1, 0.15) is 6.02 Å². The van der Waals surface area contributed by atoms with Crippen LogP contribution >= 0.6 is 0 Å².